The Labute approximate surface area is 75.8 Å². The highest BCUT2D eigenvalue weighted by Gasteiger charge is 2.10. The third kappa shape index (κ3) is 1.58. The van der Waals surface area contributed by atoms with Crippen molar-refractivity contribution in [2.24, 2.45) is 0 Å². The second-order valence-corrected chi connectivity index (χ2v) is 3.85. The van der Waals surface area contributed by atoms with E-state index in [0.29, 0.717) is 10.6 Å². The zero-order chi connectivity index (χ0) is 9.30. The standard InChI is InChI=1S/C8H12N2OS/c1-5(11)8-6(9)4-7(12-8)10(2)3/h4H,9H2,1-3H3. The Kier molecular flexibility index (Phi) is 2.38. The Morgan fingerprint density at radius 3 is 2.42 bits per heavy atom. The number of hydrogen-bond donors (Lipinski definition) is 1. The van der Waals surface area contributed by atoms with E-state index in [0.717, 1.165) is 5.00 Å². The number of rotatable bonds is 2. The number of ketones is 1. The smallest absolute Gasteiger partial charge is 0.171 e. The van der Waals surface area contributed by atoms with Gasteiger partial charge in [-0.1, -0.05) is 0 Å². The zero-order valence-electron chi connectivity index (χ0n) is 7.42. The van der Waals surface area contributed by atoms with E-state index in [1.165, 1.54) is 18.3 Å². The molecule has 0 fully saturated rings. The zero-order valence-corrected chi connectivity index (χ0v) is 8.23. The predicted molar refractivity (Wildman–Crippen MR) is 53.1 cm³/mol. The fourth-order valence-electron chi connectivity index (χ4n) is 0.887. The van der Waals surface area contributed by atoms with E-state index in [1.807, 2.05) is 25.1 Å². The Bertz CT molecular complexity index is 304. The fourth-order valence-corrected chi connectivity index (χ4v) is 1.79. The van der Waals surface area contributed by atoms with Crippen LogP contribution in [-0.4, -0.2) is 19.9 Å². The average molecular weight is 184 g/mol. The van der Waals surface area contributed by atoms with Crippen LogP contribution in [0.5, 0.6) is 0 Å². The lowest BCUT2D eigenvalue weighted by molar-refractivity contribution is 0.102. The van der Waals surface area contributed by atoms with E-state index >= 15 is 0 Å². The molecule has 1 aromatic heterocycles. The molecule has 66 valence electrons. The van der Waals surface area contributed by atoms with Crippen molar-refractivity contribution in [2.75, 3.05) is 24.7 Å². The molecule has 1 heterocycles. The maximum absolute atomic E-state index is 11.0. The first-order valence-electron chi connectivity index (χ1n) is 3.60. The first-order valence-corrected chi connectivity index (χ1v) is 4.41. The highest BCUT2D eigenvalue weighted by atomic mass is 32.1. The van der Waals surface area contributed by atoms with Crippen molar-refractivity contribution in [1.29, 1.82) is 0 Å². The molecule has 12 heavy (non-hydrogen) atoms. The summed E-state index contributed by atoms with van der Waals surface area (Å²) in [6, 6.07) is 1.82. The van der Waals surface area contributed by atoms with Crippen molar-refractivity contribution in [3.63, 3.8) is 0 Å². The molecule has 0 spiro atoms. The van der Waals surface area contributed by atoms with E-state index in [-0.39, 0.29) is 5.78 Å². The SMILES string of the molecule is CC(=O)c1sc(N(C)C)cc1N. The molecule has 0 aliphatic carbocycles. The van der Waals surface area contributed by atoms with Crippen LogP contribution in [-0.2, 0) is 0 Å². The monoisotopic (exact) mass is 184 g/mol. The van der Waals surface area contributed by atoms with Gasteiger partial charge >= 0.3 is 0 Å². The first kappa shape index (κ1) is 9.06. The van der Waals surface area contributed by atoms with Gasteiger partial charge in [-0.2, -0.15) is 0 Å². The van der Waals surface area contributed by atoms with Crippen molar-refractivity contribution >= 4 is 27.8 Å². The predicted octanol–water partition coefficient (Wildman–Crippen LogP) is 1.60. The lowest BCUT2D eigenvalue weighted by Crippen LogP contribution is -2.05. The molecule has 0 aliphatic rings. The van der Waals surface area contributed by atoms with E-state index in [2.05, 4.69) is 0 Å². The van der Waals surface area contributed by atoms with Crippen LogP contribution in [0.1, 0.15) is 16.6 Å². The Morgan fingerprint density at radius 2 is 2.17 bits per heavy atom. The van der Waals surface area contributed by atoms with Crippen molar-refractivity contribution in [2.45, 2.75) is 6.92 Å². The van der Waals surface area contributed by atoms with E-state index in [1.54, 1.807) is 0 Å². The van der Waals surface area contributed by atoms with Gasteiger partial charge < -0.3 is 10.6 Å². The number of hydrogen-bond acceptors (Lipinski definition) is 4. The molecule has 4 heteroatoms. The van der Waals surface area contributed by atoms with Crippen molar-refractivity contribution in [1.82, 2.24) is 0 Å². The van der Waals surface area contributed by atoms with Crippen molar-refractivity contribution < 1.29 is 4.79 Å². The molecule has 0 bridgehead atoms. The Balaban J connectivity index is 3.09. The molecule has 0 aliphatic heterocycles. The summed E-state index contributed by atoms with van der Waals surface area (Å²) in [6.07, 6.45) is 0. The minimum Gasteiger partial charge on any atom is -0.397 e. The lowest BCUT2D eigenvalue weighted by atomic mass is 10.3. The quantitative estimate of drug-likeness (QED) is 0.710. The molecule has 1 rings (SSSR count). The van der Waals surface area contributed by atoms with Gasteiger partial charge in [0.2, 0.25) is 0 Å². The van der Waals surface area contributed by atoms with Crippen molar-refractivity contribution in [3.8, 4) is 0 Å². The summed E-state index contributed by atoms with van der Waals surface area (Å²) in [5.74, 6) is 0.0330. The highest BCUT2D eigenvalue weighted by molar-refractivity contribution is 7.18. The summed E-state index contributed by atoms with van der Waals surface area (Å²) in [5.41, 5.74) is 6.22. The molecule has 0 aromatic carbocycles. The molecule has 0 saturated carbocycles. The fraction of sp³-hybridized carbons (Fsp3) is 0.375. The number of nitrogen functional groups attached to an aromatic ring is 1. The van der Waals surface area contributed by atoms with Gasteiger partial charge in [0.1, 0.15) is 0 Å². The topological polar surface area (TPSA) is 46.3 Å². The van der Waals surface area contributed by atoms with Crippen LogP contribution in [0.15, 0.2) is 6.07 Å². The van der Waals surface area contributed by atoms with Crippen LogP contribution in [0.4, 0.5) is 10.7 Å². The number of nitrogens with zero attached hydrogens (tertiary/aromatic N) is 1. The molecule has 2 N–H and O–H groups in total. The third-order valence-corrected chi connectivity index (χ3v) is 2.93. The van der Waals surface area contributed by atoms with Gasteiger partial charge in [0.25, 0.3) is 0 Å². The number of thiophene rings is 1. The van der Waals surface area contributed by atoms with Crippen LogP contribution in [0.3, 0.4) is 0 Å². The van der Waals surface area contributed by atoms with E-state index in [9.17, 15) is 4.79 Å². The van der Waals surface area contributed by atoms with Gasteiger partial charge in [-0.25, -0.2) is 0 Å². The summed E-state index contributed by atoms with van der Waals surface area (Å²) < 4.78 is 0. The largest absolute Gasteiger partial charge is 0.397 e. The molecule has 0 saturated heterocycles. The summed E-state index contributed by atoms with van der Waals surface area (Å²) in [4.78, 5) is 13.6. The van der Waals surface area contributed by atoms with Crippen molar-refractivity contribution in [3.05, 3.63) is 10.9 Å². The van der Waals surface area contributed by atoms with E-state index < -0.39 is 0 Å². The summed E-state index contributed by atoms with van der Waals surface area (Å²) in [5, 5.41) is 1.01. The average Bonchev–Trinajstić information content (AvgIpc) is 2.30. The van der Waals surface area contributed by atoms with Gasteiger partial charge in [0.05, 0.1) is 15.6 Å². The molecule has 3 nitrogen and oxygen atoms in total. The Hall–Kier alpha value is -1.03. The molecule has 0 radical (unpaired) electrons. The molecule has 0 amide bonds. The van der Waals surface area contributed by atoms with Gasteiger partial charge in [-0.3, -0.25) is 4.79 Å². The second-order valence-electron chi connectivity index (χ2n) is 2.82. The molecule has 1 aromatic rings. The van der Waals surface area contributed by atoms with Crippen LogP contribution in [0.2, 0.25) is 0 Å². The van der Waals surface area contributed by atoms with Gasteiger partial charge in [-0.05, 0) is 6.07 Å². The highest BCUT2D eigenvalue weighted by Crippen LogP contribution is 2.30. The number of carbonyl (C=O) groups is 1. The lowest BCUT2D eigenvalue weighted by Gasteiger charge is -2.06. The second kappa shape index (κ2) is 3.15. The van der Waals surface area contributed by atoms with Crippen LogP contribution in [0, 0.1) is 0 Å². The number of anilines is 2. The summed E-state index contributed by atoms with van der Waals surface area (Å²) >= 11 is 1.43. The number of carbonyl (C=O) groups excluding carboxylic acids is 1. The number of nitrogens with two attached hydrogens (primary N) is 1. The summed E-state index contributed by atoms with van der Waals surface area (Å²) in [6.45, 7) is 1.53. The van der Waals surface area contributed by atoms with Gasteiger partial charge in [0.15, 0.2) is 5.78 Å². The normalized spacial score (nSPS) is 9.92. The maximum Gasteiger partial charge on any atom is 0.171 e. The Morgan fingerprint density at radius 1 is 1.58 bits per heavy atom. The molecule has 0 atom stereocenters. The minimum absolute atomic E-state index is 0.0330. The number of Topliss-reactive ketones (excluding diaryl/α,β-unsaturated/α-hetero) is 1. The van der Waals surface area contributed by atoms with E-state index in [4.69, 9.17) is 5.73 Å². The molecular weight excluding hydrogens is 172 g/mol. The maximum atomic E-state index is 11.0. The minimum atomic E-state index is 0.0330. The van der Waals surface area contributed by atoms with Crippen LogP contribution in [0.25, 0.3) is 0 Å². The van der Waals surface area contributed by atoms with Gasteiger partial charge in [-0.15, -0.1) is 11.3 Å². The van der Waals surface area contributed by atoms with Crippen LogP contribution < -0.4 is 10.6 Å². The third-order valence-electron chi connectivity index (χ3n) is 1.51. The molecule has 0 unspecified atom stereocenters. The van der Waals surface area contributed by atoms with Crippen LogP contribution >= 0.6 is 11.3 Å². The van der Waals surface area contributed by atoms with Gasteiger partial charge in [0, 0.05) is 21.0 Å². The first-order chi connectivity index (χ1) is 5.52. The summed E-state index contributed by atoms with van der Waals surface area (Å²) in [7, 11) is 3.85. The molecular formula is C8H12N2OS.